The van der Waals surface area contributed by atoms with E-state index in [2.05, 4.69) is 38.0 Å². The van der Waals surface area contributed by atoms with Crippen molar-refractivity contribution in [1.29, 1.82) is 0 Å². The highest BCUT2D eigenvalue weighted by molar-refractivity contribution is 7.03. The number of benzene rings is 1. The number of hydrogen-bond donors (Lipinski definition) is 1. The Kier molecular flexibility index (Phi) is 6.58. The highest BCUT2D eigenvalue weighted by Crippen LogP contribution is 2.29. The molecule has 0 saturated carbocycles. The van der Waals surface area contributed by atoms with E-state index in [1.807, 2.05) is 32.0 Å². The number of hydrogen-bond acceptors (Lipinski definition) is 3. The fourth-order valence-electron chi connectivity index (χ4n) is 2.88. The maximum absolute atomic E-state index is 13.1. The van der Waals surface area contributed by atoms with Gasteiger partial charge in [0.1, 0.15) is 0 Å². The lowest BCUT2D eigenvalue weighted by molar-refractivity contribution is 0.249. The molecule has 26 heavy (non-hydrogen) atoms. The highest BCUT2D eigenvalue weighted by Gasteiger charge is 2.20. The van der Waals surface area contributed by atoms with Gasteiger partial charge in [0.25, 0.3) is 0 Å². The van der Waals surface area contributed by atoms with Gasteiger partial charge in [-0.05, 0) is 48.3 Å². The van der Waals surface area contributed by atoms with E-state index < -0.39 is 6.03 Å². The van der Waals surface area contributed by atoms with Crippen molar-refractivity contribution in [3.8, 4) is 5.69 Å². The Balaban J connectivity index is 2.91. The zero-order valence-electron chi connectivity index (χ0n) is 16.4. The van der Waals surface area contributed by atoms with Gasteiger partial charge in [-0.2, -0.15) is 4.99 Å². The number of rotatable bonds is 5. The second kappa shape index (κ2) is 8.49. The van der Waals surface area contributed by atoms with E-state index >= 15 is 0 Å². The Morgan fingerprint density at radius 2 is 1.73 bits per heavy atom. The summed E-state index contributed by atoms with van der Waals surface area (Å²) in [7, 11) is 0. The molecule has 7 heteroatoms. The van der Waals surface area contributed by atoms with E-state index in [0.29, 0.717) is 17.9 Å². The zero-order chi connectivity index (χ0) is 19.4. The van der Waals surface area contributed by atoms with Gasteiger partial charge in [0, 0.05) is 13.1 Å². The molecule has 0 aliphatic rings. The molecule has 0 unspecified atom stereocenters. The molecule has 0 bridgehead atoms. The molecule has 1 heterocycles. The van der Waals surface area contributed by atoms with Gasteiger partial charge in [-0.1, -0.05) is 45.9 Å². The van der Waals surface area contributed by atoms with E-state index in [1.54, 1.807) is 8.52 Å². The molecule has 0 fully saturated rings. The van der Waals surface area contributed by atoms with Crippen LogP contribution in [0.1, 0.15) is 64.5 Å². The van der Waals surface area contributed by atoms with Gasteiger partial charge in [0.15, 0.2) is 0 Å². The van der Waals surface area contributed by atoms with Crippen LogP contribution in [0.25, 0.3) is 5.69 Å². The number of carbonyl (C=O) groups is 1. The molecule has 1 N–H and O–H groups in total. The number of nitrogens with zero attached hydrogens (tertiary/aromatic N) is 3. The van der Waals surface area contributed by atoms with Crippen LogP contribution in [0.3, 0.4) is 0 Å². The number of carbonyl (C=O) groups excluding carboxylic acids is 1. The molecule has 2 aromatic rings. The van der Waals surface area contributed by atoms with Crippen LogP contribution in [0.2, 0.25) is 0 Å². The maximum Gasteiger partial charge on any atom is 0.344 e. The van der Waals surface area contributed by atoms with Crippen LogP contribution >= 0.6 is 11.5 Å². The van der Waals surface area contributed by atoms with Gasteiger partial charge in [-0.15, -0.1) is 0 Å². The summed E-state index contributed by atoms with van der Waals surface area (Å²) in [6.07, 6.45) is 0. The number of aryl methyl sites for hydroxylation is 1. The third-order valence-electron chi connectivity index (χ3n) is 4.17. The van der Waals surface area contributed by atoms with Crippen LogP contribution in [-0.2, 0) is 6.54 Å². The van der Waals surface area contributed by atoms with Gasteiger partial charge in [-0.3, -0.25) is 0 Å². The molecule has 6 nitrogen and oxygen atoms in total. The predicted octanol–water partition coefficient (Wildman–Crippen LogP) is 3.60. The molecule has 0 radical (unpaired) electrons. The van der Waals surface area contributed by atoms with Crippen molar-refractivity contribution < 1.29 is 4.79 Å². The van der Waals surface area contributed by atoms with Crippen molar-refractivity contribution in [2.45, 2.75) is 59.9 Å². The minimum atomic E-state index is -0.432. The van der Waals surface area contributed by atoms with Gasteiger partial charge in [0.2, 0.25) is 4.80 Å². The Bertz CT molecular complexity index is 877. The van der Waals surface area contributed by atoms with E-state index in [9.17, 15) is 9.59 Å². The van der Waals surface area contributed by atoms with Crippen LogP contribution in [0, 0.1) is 0 Å². The lowest BCUT2D eigenvalue weighted by Gasteiger charge is -2.19. The predicted molar refractivity (Wildman–Crippen MR) is 106 cm³/mol. The minimum absolute atomic E-state index is 0.157. The first kappa shape index (κ1) is 20.2. The SMILES string of the molecule is CCNC(=O)/N=c1\sn(CC)c(=O)n1-c1c(C(C)C)cccc1C(C)C. The van der Waals surface area contributed by atoms with Crippen LogP contribution in [0.5, 0.6) is 0 Å². The Labute approximate surface area is 158 Å². The molecule has 142 valence electrons. The quantitative estimate of drug-likeness (QED) is 0.866. The van der Waals surface area contributed by atoms with Gasteiger partial charge in [0.05, 0.1) is 5.69 Å². The van der Waals surface area contributed by atoms with E-state index in [4.69, 9.17) is 0 Å². The first-order valence-electron chi connectivity index (χ1n) is 9.10. The molecule has 1 aromatic heterocycles. The summed E-state index contributed by atoms with van der Waals surface area (Å²) in [6, 6.07) is 5.68. The monoisotopic (exact) mass is 376 g/mol. The number of nitrogens with one attached hydrogen (secondary N) is 1. The average molecular weight is 377 g/mol. The summed E-state index contributed by atoms with van der Waals surface area (Å²) in [5, 5.41) is 2.67. The largest absolute Gasteiger partial charge is 0.344 e. The van der Waals surface area contributed by atoms with Crippen LogP contribution in [0.4, 0.5) is 4.79 Å². The summed E-state index contributed by atoms with van der Waals surface area (Å²) in [5.74, 6) is 0.478. The standard InChI is InChI=1S/C19H28N4O2S/c1-7-20-17(24)21-18-23(19(25)22(8-2)26-18)16-14(12(3)4)10-9-11-15(16)13(5)6/h9-13H,7-8H2,1-6H3,(H,20,24)/b21-18-. The van der Waals surface area contributed by atoms with Gasteiger partial charge >= 0.3 is 11.7 Å². The molecule has 2 amide bonds. The smallest absolute Gasteiger partial charge is 0.336 e. The molecule has 0 aliphatic heterocycles. The first-order valence-corrected chi connectivity index (χ1v) is 9.87. The molecular weight excluding hydrogens is 348 g/mol. The van der Waals surface area contributed by atoms with E-state index in [-0.39, 0.29) is 17.5 Å². The van der Waals surface area contributed by atoms with Crippen molar-refractivity contribution >= 4 is 17.6 Å². The van der Waals surface area contributed by atoms with Crippen LogP contribution < -0.4 is 15.8 Å². The molecule has 1 aromatic carbocycles. The lowest BCUT2D eigenvalue weighted by atomic mass is 9.92. The average Bonchev–Trinajstić information content (AvgIpc) is 2.89. The Hall–Kier alpha value is -2.15. The van der Waals surface area contributed by atoms with Gasteiger partial charge < -0.3 is 5.32 Å². The Morgan fingerprint density at radius 1 is 1.15 bits per heavy atom. The minimum Gasteiger partial charge on any atom is -0.336 e. The van der Waals surface area contributed by atoms with Gasteiger partial charge in [-0.25, -0.2) is 18.1 Å². The molecule has 2 rings (SSSR count). The van der Waals surface area contributed by atoms with Crippen molar-refractivity contribution in [2.24, 2.45) is 4.99 Å². The number of aromatic nitrogens is 2. The topological polar surface area (TPSA) is 68.4 Å². The lowest BCUT2D eigenvalue weighted by Crippen LogP contribution is -2.31. The fourth-order valence-corrected chi connectivity index (χ4v) is 3.74. The fraction of sp³-hybridized carbons (Fsp3) is 0.526. The molecule has 0 spiro atoms. The summed E-state index contributed by atoms with van der Waals surface area (Å²) in [5.41, 5.74) is 2.85. The third kappa shape index (κ3) is 3.98. The number of para-hydroxylation sites is 1. The zero-order valence-corrected chi connectivity index (χ0v) is 17.2. The second-order valence-corrected chi connectivity index (χ2v) is 7.72. The molecule has 0 aliphatic carbocycles. The van der Waals surface area contributed by atoms with Crippen LogP contribution in [-0.4, -0.2) is 21.1 Å². The maximum atomic E-state index is 13.1. The second-order valence-electron chi connectivity index (χ2n) is 6.73. The van der Waals surface area contributed by atoms with Crippen molar-refractivity contribution in [3.63, 3.8) is 0 Å². The van der Waals surface area contributed by atoms with E-state index in [1.165, 1.54) is 11.5 Å². The van der Waals surface area contributed by atoms with Crippen LogP contribution in [0.15, 0.2) is 28.0 Å². The third-order valence-corrected chi connectivity index (χ3v) is 5.24. The van der Waals surface area contributed by atoms with Crippen molar-refractivity contribution in [3.05, 3.63) is 44.6 Å². The summed E-state index contributed by atoms with van der Waals surface area (Å²) >= 11 is 1.22. The summed E-state index contributed by atoms with van der Waals surface area (Å²) in [4.78, 5) is 29.7. The Morgan fingerprint density at radius 3 is 2.19 bits per heavy atom. The summed E-state index contributed by atoms with van der Waals surface area (Å²) in [6.45, 7) is 13.2. The van der Waals surface area contributed by atoms with E-state index in [0.717, 1.165) is 16.8 Å². The molecule has 0 atom stereocenters. The molecular formula is C19H28N4O2S. The number of amides is 2. The van der Waals surface area contributed by atoms with Crippen molar-refractivity contribution in [2.75, 3.05) is 6.54 Å². The normalized spacial score (nSPS) is 12.2. The highest BCUT2D eigenvalue weighted by atomic mass is 32.1. The first-order chi connectivity index (χ1) is 12.3. The number of urea groups is 1. The molecule has 0 saturated heterocycles. The van der Waals surface area contributed by atoms with Crippen molar-refractivity contribution in [1.82, 2.24) is 13.8 Å². The summed E-state index contributed by atoms with van der Waals surface area (Å²) < 4.78 is 3.23.